The monoisotopic (exact) mass is 331 g/mol. The summed E-state index contributed by atoms with van der Waals surface area (Å²) in [5, 5.41) is 13.8. The molecule has 0 rings (SSSR count). The summed E-state index contributed by atoms with van der Waals surface area (Å²) >= 11 is 0. The van der Waals surface area contributed by atoms with Gasteiger partial charge in [0.15, 0.2) is 0 Å². The average Bonchev–Trinajstić information content (AvgIpc) is 2.51. The van der Waals surface area contributed by atoms with Gasteiger partial charge in [-0.2, -0.15) is 0 Å². The summed E-state index contributed by atoms with van der Waals surface area (Å²) < 4.78 is 0. The highest BCUT2D eigenvalue weighted by atomic mass is 16.4. The van der Waals surface area contributed by atoms with E-state index >= 15 is 0 Å². The van der Waals surface area contributed by atoms with Crippen molar-refractivity contribution in [2.45, 2.75) is 50.6 Å². The molecule has 0 spiro atoms. The van der Waals surface area contributed by atoms with Crippen LogP contribution in [0.25, 0.3) is 0 Å². The second kappa shape index (κ2) is 12.8. The largest absolute Gasteiger partial charge is 0.480 e. The SMILES string of the molecule is NCCCCC(N)C(=O)NCC(=O)NC(CCCCN)C(=O)O. The maximum atomic E-state index is 11.7. The van der Waals surface area contributed by atoms with Crippen molar-refractivity contribution >= 4 is 17.8 Å². The fourth-order valence-electron chi connectivity index (χ4n) is 1.93. The van der Waals surface area contributed by atoms with E-state index in [9.17, 15) is 14.4 Å². The van der Waals surface area contributed by atoms with Gasteiger partial charge in [0.1, 0.15) is 6.04 Å². The van der Waals surface area contributed by atoms with E-state index in [-0.39, 0.29) is 6.54 Å². The molecule has 0 aliphatic rings. The van der Waals surface area contributed by atoms with Crippen LogP contribution in [0.3, 0.4) is 0 Å². The van der Waals surface area contributed by atoms with Crippen molar-refractivity contribution < 1.29 is 19.5 Å². The Labute approximate surface area is 136 Å². The van der Waals surface area contributed by atoms with Gasteiger partial charge in [0.25, 0.3) is 0 Å². The normalized spacial score (nSPS) is 13.2. The van der Waals surface area contributed by atoms with Gasteiger partial charge in [0, 0.05) is 0 Å². The van der Waals surface area contributed by atoms with E-state index in [1.165, 1.54) is 0 Å². The lowest BCUT2D eigenvalue weighted by atomic mass is 10.1. The van der Waals surface area contributed by atoms with Crippen molar-refractivity contribution in [2.75, 3.05) is 19.6 Å². The molecular formula is C14H29N5O4. The van der Waals surface area contributed by atoms with Crippen molar-refractivity contribution in [1.82, 2.24) is 10.6 Å². The highest BCUT2D eigenvalue weighted by molar-refractivity contribution is 5.89. The highest BCUT2D eigenvalue weighted by Crippen LogP contribution is 2.01. The lowest BCUT2D eigenvalue weighted by Crippen LogP contribution is -2.48. The molecule has 0 saturated heterocycles. The Hall–Kier alpha value is -1.71. The summed E-state index contributed by atoms with van der Waals surface area (Å²) in [5.41, 5.74) is 16.4. The van der Waals surface area contributed by atoms with E-state index in [0.29, 0.717) is 38.8 Å². The number of hydrogen-bond donors (Lipinski definition) is 6. The van der Waals surface area contributed by atoms with Gasteiger partial charge in [-0.05, 0) is 45.2 Å². The third-order valence-corrected chi connectivity index (χ3v) is 3.31. The van der Waals surface area contributed by atoms with Crippen LogP contribution in [-0.4, -0.2) is 54.6 Å². The predicted molar refractivity (Wildman–Crippen MR) is 86.4 cm³/mol. The molecule has 0 saturated carbocycles. The van der Waals surface area contributed by atoms with Crippen LogP contribution in [0.2, 0.25) is 0 Å². The lowest BCUT2D eigenvalue weighted by Gasteiger charge is -2.15. The maximum Gasteiger partial charge on any atom is 0.326 e. The molecule has 9 N–H and O–H groups in total. The molecule has 0 radical (unpaired) electrons. The Balaban J connectivity index is 4.10. The first-order valence-electron chi connectivity index (χ1n) is 7.88. The number of unbranched alkanes of at least 4 members (excludes halogenated alkanes) is 2. The summed E-state index contributed by atoms with van der Waals surface area (Å²) in [7, 11) is 0. The van der Waals surface area contributed by atoms with Gasteiger partial charge < -0.3 is 32.9 Å². The van der Waals surface area contributed by atoms with Crippen LogP contribution in [0, 0.1) is 0 Å². The Morgan fingerprint density at radius 3 is 2.04 bits per heavy atom. The molecule has 23 heavy (non-hydrogen) atoms. The summed E-state index contributed by atoms with van der Waals surface area (Å²) in [4.78, 5) is 34.5. The zero-order chi connectivity index (χ0) is 17.7. The van der Waals surface area contributed by atoms with Gasteiger partial charge in [0.2, 0.25) is 11.8 Å². The second-order valence-electron chi connectivity index (χ2n) is 5.35. The van der Waals surface area contributed by atoms with Gasteiger partial charge in [-0.25, -0.2) is 4.79 Å². The fraction of sp³-hybridized carbons (Fsp3) is 0.786. The number of amides is 2. The molecule has 2 atom stereocenters. The molecular weight excluding hydrogens is 302 g/mol. The molecule has 134 valence electrons. The van der Waals surface area contributed by atoms with Crippen molar-refractivity contribution in [2.24, 2.45) is 17.2 Å². The van der Waals surface area contributed by atoms with Crippen molar-refractivity contribution in [3.8, 4) is 0 Å². The topological polar surface area (TPSA) is 174 Å². The lowest BCUT2D eigenvalue weighted by molar-refractivity contribution is -0.142. The fourth-order valence-corrected chi connectivity index (χ4v) is 1.93. The highest BCUT2D eigenvalue weighted by Gasteiger charge is 2.20. The quantitative estimate of drug-likeness (QED) is 0.217. The average molecular weight is 331 g/mol. The van der Waals surface area contributed by atoms with E-state index in [1.54, 1.807) is 0 Å². The van der Waals surface area contributed by atoms with E-state index < -0.39 is 29.9 Å². The van der Waals surface area contributed by atoms with Crippen LogP contribution >= 0.6 is 0 Å². The zero-order valence-corrected chi connectivity index (χ0v) is 13.4. The Morgan fingerprint density at radius 2 is 1.52 bits per heavy atom. The van der Waals surface area contributed by atoms with E-state index in [1.807, 2.05) is 0 Å². The van der Waals surface area contributed by atoms with Gasteiger partial charge in [0.05, 0.1) is 12.6 Å². The summed E-state index contributed by atoms with van der Waals surface area (Å²) in [6.45, 7) is 0.708. The standard InChI is InChI=1S/C14H29N5O4/c15-7-3-1-5-10(17)13(21)18-9-12(20)19-11(14(22)23)6-2-4-8-16/h10-11H,1-9,15-17H2,(H,18,21)(H,19,20)(H,22,23). The molecule has 0 aromatic carbocycles. The number of hydrogen-bond acceptors (Lipinski definition) is 6. The molecule has 0 aliphatic carbocycles. The van der Waals surface area contributed by atoms with E-state index in [4.69, 9.17) is 22.3 Å². The maximum absolute atomic E-state index is 11.7. The molecule has 0 aromatic heterocycles. The minimum absolute atomic E-state index is 0.296. The predicted octanol–water partition coefficient (Wildman–Crippen LogP) is -1.74. The number of aliphatic carboxylic acids is 1. The van der Waals surface area contributed by atoms with Crippen molar-refractivity contribution in [1.29, 1.82) is 0 Å². The van der Waals surface area contributed by atoms with Crippen molar-refractivity contribution in [3.05, 3.63) is 0 Å². The minimum Gasteiger partial charge on any atom is -0.480 e. The van der Waals surface area contributed by atoms with Crippen LogP contribution in [-0.2, 0) is 14.4 Å². The summed E-state index contributed by atoms with van der Waals surface area (Å²) in [6, 6.07) is -1.68. The number of carbonyl (C=O) groups excluding carboxylic acids is 2. The van der Waals surface area contributed by atoms with Crippen LogP contribution in [0.1, 0.15) is 38.5 Å². The Kier molecular flexibility index (Phi) is 11.8. The Bertz CT molecular complexity index is 378. The van der Waals surface area contributed by atoms with Gasteiger partial charge in [-0.15, -0.1) is 0 Å². The summed E-state index contributed by atoms with van der Waals surface area (Å²) in [6.07, 6.45) is 3.59. The first-order valence-corrected chi connectivity index (χ1v) is 7.88. The second-order valence-corrected chi connectivity index (χ2v) is 5.35. The van der Waals surface area contributed by atoms with Crippen LogP contribution in [0.5, 0.6) is 0 Å². The van der Waals surface area contributed by atoms with Crippen LogP contribution < -0.4 is 27.8 Å². The number of nitrogens with two attached hydrogens (primary N) is 3. The zero-order valence-electron chi connectivity index (χ0n) is 13.4. The molecule has 2 amide bonds. The van der Waals surface area contributed by atoms with Crippen LogP contribution in [0.15, 0.2) is 0 Å². The van der Waals surface area contributed by atoms with Crippen molar-refractivity contribution in [3.63, 3.8) is 0 Å². The molecule has 9 nitrogen and oxygen atoms in total. The number of carboxylic acids is 1. The first-order chi connectivity index (χ1) is 10.9. The molecule has 0 heterocycles. The minimum atomic E-state index is -1.11. The molecule has 0 aliphatic heterocycles. The number of rotatable bonds is 13. The third kappa shape index (κ3) is 10.6. The molecule has 2 unspecified atom stereocenters. The number of carboxylic acid groups (broad SMARTS) is 1. The van der Waals surface area contributed by atoms with Gasteiger partial charge >= 0.3 is 5.97 Å². The molecule has 9 heteroatoms. The Morgan fingerprint density at radius 1 is 0.957 bits per heavy atom. The third-order valence-electron chi connectivity index (χ3n) is 3.31. The van der Waals surface area contributed by atoms with E-state index in [2.05, 4.69) is 10.6 Å². The first kappa shape index (κ1) is 21.3. The molecule has 0 aromatic rings. The smallest absolute Gasteiger partial charge is 0.326 e. The van der Waals surface area contributed by atoms with Gasteiger partial charge in [-0.3, -0.25) is 9.59 Å². The molecule has 0 fully saturated rings. The number of nitrogens with one attached hydrogen (secondary N) is 2. The van der Waals surface area contributed by atoms with E-state index in [0.717, 1.165) is 12.8 Å². The number of carbonyl (C=O) groups is 3. The van der Waals surface area contributed by atoms with Crippen LogP contribution in [0.4, 0.5) is 0 Å². The summed E-state index contributed by atoms with van der Waals surface area (Å²) in [5.74, 6) is -2.11. The van der Waals surface area contributed by atoms with Gasteiger partial charge in [-0.1, -0.05) is 6.42 Å². The molecule has 0 bridgehead atoms.